The Hall–Kier alpha value is -1.89. The average Bonchev–Trinajstić information content (AvgIpc) is 3.07. The number of rotatable bonds is 4. The van der Waals surface area contributed by atoms with E-state index >= 15 is 0 Å². The molecule has 0 aliphatic heterocycles. The second-order valence-corrected chi connectivity index (χ2v) is 7.10. The second-order valence-electron chi connectivity index (χ2n) is 6.02. The standard InChI is InChI=1S/C17H17F3N2OS/c1-10(11-5-7-12(8-6-11)17(18,19)20)9-15(23)22-16-21-13-3-2-4-14(13)24-16/h5-8,10H,2-4,9H2,1H3,(H,21,22,23)/t10-/m0/s1. The lowest BCUT2D eigenvalue weighted by atomic mass is 9.96. The van der Waals surface area contributed by atoms with Crippen molar-refractivity contribution in [3.63, 3.8) is 0 Å². The summed E-state index contributed by atoms with van der Waals surface area (Å²) >= 11 is 1.51. The molecule has 24 heavy (non-hydrogen) atoms. The predicted octanol–water partition coefficient (Wildman–Crippen LogP) is 4.78. The number of carbonyl (C=O) groups is 1. The summed E-state index contributed by atoms with van der Waals surface area (Å²) in [6.45, 7) is 1.82. The van der Waals surface area contributed by atoms with Gasteiger partial charge in [0.25, 0.3) is 0 Å². The van der Waals surface area contributed by atoms with Gasteiger partial charge in [-0.3, -0.25) is 4.79 Å². The van der Waals surface area contributed by atoms with Gasteiger partial charge in [0.1, 0.15) is 0 Å². The number of anilines is 1. The van der Waals surface area contributed by atoms with E-state index in [1.807, 2.05) is 6.92 Å². The molecule has 1 aliphatic carbocycles. The van der Waals surface area contributed by atoms with Crippen molar-refractivity contribution in [1.29, 1.82) is 0 Å². The van der Waals surface area contributed by atoms with E-state index in [2.05, 4.69) is 10.3 Å². The first-order chi connectivity index (χ1) is 11.3. The van der Waals surface area contributed by atoms with E-state index in [1.165, 1.54) is 28.3 Å². The second kappa shape index (κ2) is 6.55. The number of aromatic nitrogens is 1. The van der Waals surface area contributed by atoms with Crippen LogP contribution in [0, 0.1) is 0 Å². The van der Waals surface area contributed by atoms with Crippen molar-refractivity contribution in [1.82, 2.24) is 4.98 Å². The lowest BCUT2D eigenvalue weighted by Crippen LogP contribution is -2.14. The summed E-state index contributed by atoms with van der Waals surface area (Å²) in [7, 11) is 0. The zero-order valence-corrected chi connectivity index (χ0v) is 13.9. The number of fused-ring (bicyclic) bond motifs is 1. The maximum absolute atomic E-state index is 12.6. The first kappa shape index (κ1) is 17.0. The molecule has 2 aromatic rings. The van der Waals surface area contributed by atoms with Crippen LogP contribution in [0.4, 0.5) is 18.3 Å². The van der Waals surface area contributed by atoms with Crippen molar-refractivity contribution in [3.8, 4) is 0 Å². The fraction of sp³-hybridized carbons (Fsp3) is 0.412. The molecule has 1 aliphatic rings. The zero-order valence-electron chi connectivity index (χ0n) is 13.1. The number of hydrogen-bond acceptors (Lipinski definition) is 3. The van der Waals surface area contributed by atoms with Crippen LogP contribution in [0.25, 0.3) is 0 Å². The monoisotopic (exact) mass is 354 g/mol. The number of carbonyl (C=O) groups excluding carboxylic acids is 1. The Labute approximate surface area is 141 Å². The summed E-state index contributed by atoms with van der Waals surface area (Å²) < 4.78 is 37.7. The van der Waals surface area contributed by atoms with Crippen molar-refractivity contribution in [3.05, 3.63) is 46.0 Å². The third-order valence-corrected chi connectivity index (χ3v) is 5.21. The van der Waals surface area contributed by atoms with Gasteiger partial charge in [-0.25, -0.2) is 4.98 Å². The summed E-state index contributed by atoms with van der Waals surface area (Å²) in [6, 6.07) is 4.96. The van der Waals surface area contributed by atoms with E-state index in [4.69, 9.17) is 0 Å². The molecule has 7 heteroatoms. The third kappa shape index (κ3) is 3.77. The van der Waals surface area contributed by atoms with Gasteiger partial charge in [-0.1, -0.05) is 19.1 Å². The van der Waals surface area contributed by atoms with E-state index in [9.17, 15) is 18.0 Å². The number of thiazole rings is 1. The summed E-state index contributed by atoms with van der Waals surface area (Å²) in [4.78, 5) is 17.8. The van der Waals surface area contributed by atoms with Crippen molar-refractivity contribution < 1.29 is 18.0 Å². The minimum atomic E-state index is -4.34. The molecular formula is C17H17F3N2OS. The topological polar surface area (TPSA) is 42.0 Å². The van der Waals surface area contributed by atoms with Gasteiger partial charge in [0.15, 0.2) is 5.13 Å². The molecule has 1 atom stereocenters. The molecule has 1 aromatic carbocycles. The predicted molar refractivity (Wildman–Crippen MR) is 87.2 cm³/mol. The number of nitrogens with one attached hydrogen (secondary N) is 1. The molecule has 0 spiro atoms. The molecule has 1 aromatic heterocycles. The molecule has 1 N–H and O–H groups in total. The van der Waals surface area contributed by atoms with Crippen molar-refractivity contribution in [2.45, 2.75) is 44.7 Å². The minimum absolute atomic E-state index is 0.168. The number of alkyl halides is 3. The molecule has 0 bridgehead atoms. The van der Waals surface area contributed by atoms with Gasteiger partial charge in [-0.15, -0.1) is 11.3 Å². The molecule has 1 amide bonds. The maximum Gasteiger partial charge on any atom is 0.416 e. The molecule has 0 radical (unpaired) electrons. The molecule has 128 valence electrons. The van der Waals surface area contributed by atoms with Crippen molar-refractivity contribution >= 4 is 22.4 Å². The lowest BCUT2D eigenvalue weighted by Gasteiger charge is -2.13. The number of nitrogens with zero attached hydrogens (tertiary/aromatic N) is 1. The van der Waals surface area contributed by atoms with E-state index in [0.29, 0.717) is 10.7 Å². The Morgan fingerprint density at radius 1 is 1.29 bits per heavy atom. The Bertz CT molecular complexity index is 716. The van der Waals surface area contributed by atoms with Gasteiger partial charge >= 0.3 is 6.18 Å². The number of halogens is 3. The smallest absolute Gasteiger partial charge is 0.302 e. The SMILES string of the molecule is C[C@@H](CC(=O)Nc1nc2c(s1)CCC2)c1ccc(C(F)(F)F)cc1. The van der Waals surface area contributed by atoms with Gasteiger partial charge in [-0.05, 0) is 42.9 Å². The van der Waals surface area contributed by atoms with Gasteiger partial charge < -0.3 is 5.32 Å². The fourth-order valence-corrected chi connectivity index (χ4v) is 3.88. The molecule has 3 rings (SSSR count). The van der Waals surface area contributed by atoms with Crippen LogP contribution in [0.2, 0.25) is 0 Å². The molecular weight excluding hydrogens is 337 g/mol. The van der Waals surface area contributed by atoms with Crippen LogP contribution >= 0.6 is 11.3 Å². The van der Waals surface area contributed by atoms with Crippen LogP contribution in [0.15, 0.2) is 24.3 Å². The molecule has 3 nitrogen and oxygen atoms in total. The fourth-order valence-electron chi connectivity index (χ4n) is 2.81. The van der Waals surface area contributed by atoms with Crippen LogP contribution < -0.4 is 5.32 Å². The Kier molecular flexibility index (Phi) is 4.62. The van der Waals surface area contributed by atoms with E-state index in [-0.39, 0.29) is 18.2 Å². The summed E-state index contributed by atoms with van der Waals surface area (Å²) in [5.74, 6) is -0.339. The van der Waals surface area contributed by atoms with Gasteiger partial charge in [0.2, 0.25) is 5.91 Å². The number of aryl methyl sites for hydroxylation is 2. The highest BCUT2D eigenvalue weighted by Crippen LogP contribution is 2.32. The molecule has 1 heterocycles. The van der Waals surface area contributed by atoms with Gasteiger partial charge in [0, 0.05) is 11.3 Å². The number of hydrogen-bond donors (Lipinski definition) is 1. The summed E-state index contributed by atoms with van der Waals surface area (Å²) in [5, 5.41) is 3.41. The third-order valence-electron chi connectivity index (χ3n) is 4.14. The molecule has 0 saturated heterocycles. The average molecular weight is 354 g/mol. The summed E-state index contributed by atoms with van der Waals surface area (Å²) in [6.07, 6.45) is -1.04. The van der Waals surface area contributed by atoms with Gasteiger partial charge in [0.05, 0.1) is 11.3 Å². The van der Waals surface area contributed by atoms with Gasteiger partial charge in [-0.2, -0.15) is 13.2 Å². The van der Waals surface area contributed by atoms with Crippen molar-refractivity contribution in [2.24, 2.45) is 0 Å². The minimum Gasteiger partial charge on any atom is -0.302 e. The first-order valence-electron chi connectivity index (χ1n) is 7.78. The number of amides is 1. The zero-order chi connectivity index (χ0) is 17.3. The van der Waals surface area contributed by atoms with Crippen LogP contribution in [0.3, 0.4) is 0 Å². The van der Waals surface area contributed by atoms with Crippen LogP contribution in [-0.4, -0.2) is 10.9 Å². The van der Waals surface area contributed by atoms with Crippen LogP contribution in [0.5, 0.6) is 0 Å². The Morgan fingerprint density at radius 2 is 2.00 bits per heavy atom. The maximum atomic E-state index is 12.6. The highest BCUT2D eigenvalue weighted by Gasteiger charge is 2.30. The highest BCUT2D eigenvalue weighted by atomic mass is 32.1. The van der Waals surface area contributed by atoms with E-state index in [0.717, 1.165) is 37.1 Å². The Balaban J connectivity index is 1.59. The Morgan fingerprint density at radius 3 is 2.62 bits per heavy atom. The number of benzene rings is 1. The first-order valence-corrected chi connectivity index (χ1v) is 8.60. The van der Waals surface area contributed by atoms with E-state index < -0.39 is 11.7 Å². The van der Waals surface area contributed by atoms with Crippen LogP contribution in [0.1, 0.15) is 47.4 Å². The highest BCUT2D eigenvalue weighted by molar-refractivity contribution is 7.15. The quantitative estimate of drug-likeness (QED) is 0.858. The molecule has 0 fully saturated rings. The van der Waals surface area contributed by atoms with E-state index in [1.54, 1.807) is 0 Å². The van der Waals surface area contributed by atoms with Crippen LogP contribution in [-0.2, 0) is 23.8 Å². The normalized spacial score (nSPS) is 15.2. The van der Waals surface area contributed by atoms with Crippen molar-refractivity contribution in [2.75, 3.05) is 5.32 Å². The largest absolute Gasteiger partial charge is 0.416 e. The summed E-state index contributed by atoms with van der Waals surface area (Å²) in [5.41, 5.74) is 1.10. The lowest BCUT2D eigenvalue weighted by molar-refractivity contribution is -0.137. The molecule has 0 saturated carbocycles. The molecule has 0 unspecified atom stereocenters.